The minimum absolute atomic E-state index is 0.0780. The number of nitrogens with zero attached hydrogens (tertiary/aromatic N) is 1. The van der Waals surface area contributed by atoms with Crippen LogP contribution in [0.1, 0.15) is 37.3 Å². The quantitative estimate of drug-likeness (QED) is 0.897. The standard InChI is InChI=1S/C17H25FN2O2/c1-22-15-11-13(18)10-14(17(15)21)16(12-4-2-3-5-12)20-8-6-19-7-9-20/h10-12,16,19,21H,2-9H2,1H3/t16-/m0/s1. The van der Waals surface area contributed by atoms with Crippen molar-refractivity contribution in [2.45, 2.75) is 31.7 Å². The smallest absolute Gasteiger partial charge is 0.163 e. The lowest BCUT2D eigenvalue weighted by atomic mass is 9.89. The van der Waals surface area contributed by atoms with E-state index in [1.54, 1.807) is 0 Å². The van der Waals surface area contributed by atoms with Crippen LogP contribution < -0.4 is 10.1 Å². The molecule has 0 aromatic heterocycles. The van der Waals surface area contributed by atoms with Crippen LogP contribution in [0, 0.1) is 11.7 Å². The Morgan fingerprint density at radius 1 is 1.27 bits per heavy atom. The van der Waals surface area contributed by atoms with Crippen molar-refractivity contribution in [2.24, 2.45) is 5.92 Å². The van der Waals surface area contributed by atoms with Gasteiger partial charge in [-0.2, -0.15) is 0 Å². The van der Waals surface area contributed by atoms with Crippen molar-refractivity contribution in [1.82, 2.24) is 10.2 Å². The molecule has 22 heavy (non-hydrogen) atoms. The summed E-state index contributed by atoms with van der Waals surface area (Å²) in [5, 5.41) is 13.9. The monoisotopic (exact) mass is 308 g/mol. The van der Waals surface area contributed by atoms with Crippen LogP contribution >= 0.6 is 0 Å². The first-order valence-corrected chi connectivity index (χ1v) is 8.22. The van der Waals surface area contributed by atoms with E-state index >= 15 is 0 Å². The van der Waals surface area contributed by atoms with Gasteiger partial charge in [-0.1, -0.05) is 12.8 Å². The molecule has 2 fully saturated rings. The van der Waals surface area contributed by atoms with Gasteiger partial charge >= 0.3 is 0 Å². The number of benzene rings is 1. The van der Waals surface area contributed by atoms with E-state index in [9.17, 15) is 9.50 Å². The molecule has 1 saturated heterocycles. The number of phenols is 1. The third kappa shape index (κ3) is 3.06. The van der Waals surface area contributed by atoms with Crippen LogP contribution in [-0.2, 0) is 0 Å². The van der Waals surface area contributed by atoms with Crippen molar-refractivity contribution < 1.29 is 14.2 Å². The lowest BCUT2D eigenvalue weighted by molar-refractivity contribution is 0.122. The predicted octanol–water partition coefficient (Wildman–Crippen LogP) is 2.68. The van der Waals surface area contributed by atoms with E-state index in [1.807, 2.05) is 0 Å². The minimum atomic E-state index is -0.345. The van der Waals surface area contributed by atoms with Crippen LogP contribution in [0.25, 0.3) is 0 Å². The van der Waals surface area contributed by atoms with E-state index in [4.69, 9.17) is 4.74 Å². The fourth-order valence-corrected chi connectivity index (χ4v) is 3.96. The van der Waals surface area contributed by atoms with E-state index < -0.39 is 0 Å². The average Bonchev–Trinajstić information content (AvgIpc) is 3.05. The van der Waals surface area contributed by atoms with Crippen LogP contribution in [-0.4, -0.2) is 43.3 Å². The van der Waals surface area contributed by atoms with Crippen molar-refractivity contribution in [2.75, 3.05) is 33.3 Å². The van der Waals surface area contributed by atoms with Gasteiger partial charge in [-0.05, 0) is 24.8 Å². The van der Waals surface area contributed by atoms with Crippen molar-refractivity contribution in [3.8, 4) is 11.5 Å². The van der Waals surface area contributed by atoms with Gasteiger partial charge in [0.25, 0.3) is 0 Å². The van der Waals surface area contributed by atoms with Crippen molar-refractivity contribution in [3.05, 3.63) is 23.5 Å². The first-order valence-electron chi connectivity index (χ1n) is 8.22. The van der Waals surface area contributed by atoms with Crippen molar-refractivity contribution in [1.29, 1.82) is 0 Å². The molecule has 1 aromatic carbocycles. The third-order valence-electron chi connectivity index (χ3n) is 5.00. The van der Waals surface area contributed by atoms with Crippen LogP contribution in [0.3, 0.4) is 0 Å². The number of aromatic hydroxyl groups is 1. The Morgan fingerprint density at radius 3 is 2.59 bits per heavy atom. The van der Waals surface area contributed by atoms with Gasteiger partial charge in [0.1, 0.15) is 5.82 Å². The lowest BCUT2D eigenvalue weighted by Crippen LogP contribution is -2.46. The van der Waals surface area contributed by atoms with Crippen LogP contribution in [0.2, 0.25) is 0 Å². The summed E-state index contributed by atoms with van der Waals surface area (Å²) in [5.41, 5.74) is 0.686. The Hall–Kier alpha value is -1.33. The zero-order valence-corrected chi connectivity index (χ0v) is 13.1. The van der Waals surface area contributed by atoms with Gasteiger partial charge in [-0.15, -0.1) is 0 Å². The summed E-state index contributed by atoms with van der Waals surface area (Å²) in [7, 11) is 1.47. The lowest BCUT2D eigenvalue weighted by Gasteiger charge is -2.39. The fourth-order valence-electron chi connectivity index (χ4n) is 3.96. The molecular weight excluding hydrogens is 283 g/mol. The van der Waals surface area contributed by atoms with Crippen molar-refractivity contribution in [3.63, 3.8) is 0 Å². The Bertz CT molecular complexity index is 512. The third-order valence-corrected chi connectivity index (χ3v) is 5.00. The molecule has 1 aliphatic carbocycles. The number of methoxy groups -OCH3 is 1. The first-order chi connectivity index (χ1) is 10.7. The van der Waals surface area contributed by atoms with Gasteiger partial charge in [0.2, 0.25) is 0 Å². The molecule has 0 unspecified atom stereocenters. The summed E-state index contributed by atoms with van der Waals surface area (Å²) in [6, 6.07) is 2.82. The van der Waals surface area contributed by atoms with E-state index in [0.29, 0.717) is 11.5 Å². The number of rotatable bonds is 4. The molecule has 0 bridgehead atoms. The first kappa shape index (κ1) is 15.6. The zero-order chi connectivity index (χ0) is 15.5. The summed E-state index contributed by atoms with van der Waals surface area (Å²) >= 11 is 0. The molecule has 1 heterocycles. The van der Waals surface area contributed by atoms with Gasteiger partial charge in [0.05, 0.1) is 7.11 Å². The molecule has 1 saturated carbocycles. The summed E-state index contributed by atoms with van der Waals surface area (Å²) in [6.45, 7) is 3.74. The number of nitrogens with one attached hydrogen (secondary N) is 1. The summed E-state index contributed by atoms with van der Waals surface area (Å²) in [5.74, 6) is 0.464. The van der Waals surface area contributed by atoms with Gasteiger partial charge < -0.3 is 15.2 Å². The second-order valence-corrected chi connectivity index (χ2v) is 6.32. The van der Waals surface area contributed by atoms with Crippen LogP contribution in [0.5, 0.6) is 11.5 Å². The summed E-state index contributed by atoms with van der Waals surface area (Å²) < 4.78 is 19.1. The van der Waals surface area contributed by atoms with E-state index in [0.717, 1.165) is 39.0 Å². The molecule has 4 nitrogen and oxygen atoms in total. The Balaban J connectivity index is 1.99. The second-order valence-electron chi connectivity index (χ2n) is 6.32. The molecular formula is C17H25FN2O2. The summed E-state index contributed by atoms with van der Waals surface area (Å²) in [6.07, 6.45) is 4.74. The molecule has 2 N–H and O–H groups in total. The van der Waals surface area contributed by atoms with Crippen molar-refractivity contribution >= 4 is 0 Å². The fraction of sp³-hybridized carbons (Fsp3) is 0.647. The normalized spacial score (nSPS) is 21.9. The molecule has 1 aromatic rings. The largest absolute Gasteiger partial charge is 0.504 e. The molecule has 0 radical (unpaired) electrons. The highest BCUT2D eigenvalue weighted by Crippen LogP contribution is 2.45. The number of phenolic OH excluding ortho intramolecular Hbond substituents is 1. The van der Waals surface area contributed by atoms with Gasteiger partial charge in [-0.3, -0.25) is 4.90 Å². The van der Waals surface area contributed by atoms with E-state index in [1.165, 1.54) is 32.1 Å². The molecule has 1 atom stereocenters. The molecule has 0 spiro atoms. The van der Waals surface area contributed by atoms with Crippen LogP contribution in [0.15, 0.2) is 12.1 Å². The average molecular weight is 308 g/mol. The highest BCUT2D eigenvalue weighted by atomic mass is 19.1. The maximum atomic E-state index is 14.0. The van der Waals surface area contributed by atoms with Gasteiger partial charge in [0.15, 0.2) is 11.5 Å². The highest BCUT2D eigenvalue weighted by Gasteiger charge is 2.34. The second kappa shape index (κ2) is 6.84. The molecule has 5 heteroatoms. The Labute approximate surface area is 131 Å². The maximum Gasteiger partial charge on any atom is 0.163 e. The number of piperazine rings is 1. The van der Waals surface area contributed by atoms with Gasteiger partial charge in [0, 0.05) is 43.9 Å². The number of halogens is 1. The number of hydrogen-bond donors (Lipinski definition) is 2. The number of hydrogen-bond acceptors (Lipinski definition) is 4. The molecule has 1 aliphatic heterocycles. The zero-order valence-electron chi connectivity index (χ0n) is 13.1. The molecule has 122 valence electrons. The Morgan fingerprint density at radius 2 is 1.95 bits per heavy atom. The molecule has 0 amide bonds. The molecule has 2 aliphatic rings. The summed E-state index contributed by atoms with van der Waals surface area (Å²) in [4.78, 5) is 2.39. The van der Waals surface area contributed by atoms with E-state index in [-0.39, 0.29) is 23.4 Å². The topological polar surface area (TPSA) is 44.7 Å². The van der Waals surface area contributed by atoms with Gasteiger partial charge in [-0.25, -0.2) is 4.39 Å². The predicted molar refractivity (Wildman–Crippen MR) is 83.8 cm³/mol. The van der Waals surface area contributed by atoms with Crippen LogP contribution in [0.4, 0.5) is 4.39 Å². The SMILES string of the molecule is COc1cc(F)cc([C@H](C2CCCC2)N2CCNCC2)c1O. The minimum Gasteiger partial charge on any atom is -0.504 e. The van der Waals surface area contributed by atoms with E-state index in [2.05, 4.69) is 10.2 Å². The maximum absolute atomic E-state index is 14.0. The molecule has 3 rings (SSSR count). The highest BCUT2D eigenvalue weighted by molar-refractivity contribution is 5.47. The number of ether oxygens (including phenoxy) is 1. The Kier molecular flexibility index (Phi) is 4.84.